The number of nitrogens with zero attached hydrogens (tertiary/aromatic N) is 3. The minimum atomic E-state index is 0.161. The van der Waals surface area contributed by atoms with Gasteiger partial charge in [-0.2, -0.15) is 15.1 Å². The van der Waals surface area contributed by atoms with Gasteiger partial charge in [0.25, 0.3) is 0 Å². The van der Waals surface area contributed by atoms with Crippen LogP contribution in [-0.2, 0) is 0 Å². The van der Waals surface area contributed by atoms with Crippen molar-refractivity contribution in [3.05, 3.63) is 5.69 Å². The first-order valence-electron chi connectivity index (χ1n) is 5.90. The van der Waals surface area contributed by atoms with Gasteiger partial charge in [0.2, 0.25) is 5.95 Å². The van der Waals surface area contributed by atoms with Crippen molar-refractivity contribution in [2.75, 3.05) is 11.5 Å². The lowest BCUT2D eigenvalue weighted by atomic mass is 9.99. The molecule has 17 heavy (non-hydrogen) atoms. The van der Waals surface area contributed by atoms with Gasteiger partial charge >= 0.3 is 0 Å². The second-order valence-corrected chi connectivity index (χ2v) is 4.35. The molecule has 2 aromatic rings. The smallest absolute Gasteiger partial charge is 0.224 e. The van der Waals surface area contributed by atoms with Crippen molar-refractivity contribution >= 4 is 22.8 Å². The van der Waals surface area contributed by atoms with E-state index in [0.29, 0.717) is 17.4 Å². The van der Waals surface area contributed by atoms with Gasteiger partial charge in [-0.05, 0) is 12.3 Å². The molecule has 2 rings (SSSR count). The molecule has 1 unspecified atom stereocenters. The van der Waals surface area contributed by atoms with Gasteiger partial charge in [-0.1, -0.05) is 26.7 Å². The maximum Gasteiger partial charge on any atom is 0.224 e. The highest BCUT2D eigenvalue weighted by atomic mass is 15.2. The summed E-state index contributed by atoms with van der Waals surface area (Å²) in [7, 11) is 0. The van der Waals surface area contributed by atoms with Crippen LogP contribution in [0.1, 0.15) is 44.7 Å². The van der Waals surface area contributed by atoms with E-state index in [-0.39, 0.29) is 5.95 Å². The number of fused-ring (bicyclic) bond motifs is 1. The Hall–Kier alpha value is -1.85. The van der Waals surface area contributed by atoms with E-state index in [4.69, 9.17) is 11.5 Å². The molecule has 5 N–H and O–H groups in total. The summed E-state index contributed by atoms with van der Waals surface area (Å²) in [6.07, 6.45) is 3.45. The van der Waals surface area contributed by atoms with Crippen LogP contribution < -0.4 is 11.5 Å². The molecule has 6 heteroatoms. The summed E-state index contributed by atoms with van der Waals surface area (Å²) in [5.74, 6) is 0.934. The fourth-order valence-electron chi connectivity index (χ4n) is 2.00. The number of aromatic nitrogens is 4. The number of nitrogens with one attached hydrogen (secondary N) is 1. The lowest BCUT2D eigenvalue weighted by Crippen LogP contribution is -2.02. The van der Waals surface area contributed by atoms with Crippen molar-refractivity contribution in [1.82, 2.24) is 20.2 Å². The van der Waals surface area contributed by atoms with E-state index in [1.54, 1.807) is 0 Å². The summed E-state index contributed by atoms with van der Waals surface area (Å²) in [5.41, 5.74) is 13.0. The van der Waals surface area contributed by atoms with Crippen LogP contribution in [0.5, 0.6) is 0 Å². The molecule has 1 atom stereocenters. The molecule has 0 aliphatic rings. The minimum Gasteiger partial charge on any atom is -0.383 e. The molecule has 0 fully saturated rings. The van der Waals surface area contributed by atoms with Gasteiger partial charge in [0.1, 0.15) is 5.82 Å². The predicted octanol–water partition coefficient (Wildman–Crippen LogP) is 1.81. The molecular formula is C11H18N6. The maximum absolute atomic E-state index is 5.88. The number of unbranched alkanes of at least 4 members (excludes halogenated alkanes) is 1. The largest absolute Gasteiger partial charge is 0.383 e. The van der Waals surface area contributed by atoms with Crippen LogP contribution in [0.15, 0.2) is 0 Å². The van der Waals surface area contributed by atoms with Crippen LogP contribution in [0.4, 0.5) is 11.8 Å². The van der Waals surface area contributed by atoms with Crippen LogP contribution in [0.2, 0.25) is 0 Å². The maximum atomic E-state index is 5.88. The SMILES string of the molecule is CCCCC(C)c1[nH]nc2nc(N)nc(N)c12. The summed E-state index contributed by atoms with van der Waals surface area (Å²) in [6.45, 7) is 4.33. The predicted molar refractivity (Wildman–Crippen MR) is 68.4 cm³/mol. The standard InChI is InChI=1S/C11H18N6/c1-3-4-5-6(2)8-7-9(12)14-11(13)15-10(7)17-16-8/h6H,3-5H2,1-2H3,(H5,12,13,14,15,16,17). The van der Waals surface area contributed by atoms with Crippen LogP contribution in [0.25, 0.3) is 11.0 Å². The van der Waals surface area contributed by atoms with Crippen LogP contribution in [0.3, 0.4) is 0 Å². The summed E-state index contributed by atoms with van der Waals surface area (Å²) < 4.78 is 0. The third-order valence-electron chi connectivity index (χ3n) is 2.97. The fourth-order valence-corrected chi connectivity index (χ4v) is 2.00. The Morgan fingerprint density at radius 2 is 2.06 bits per heavy atom. The van der Waals surface area contributed by atoms with E-state index in [2.05, 4.69) is 34.0 Å². The molecule has 0 amide bonds. The number of H-pyrrole nitrogens is 1. The number of aromatic amines is 1. The van der Waals surface area contributed by atoms with Gasteiger partial charge in [-0.25, -0.2) is 0 Å². The van der Waals surface area contributed by atoms with E-state index in [1.165, 1.54) is 12.8 Å². The molecule has 0 bridgehead atoms. The van der Waals surface area contributed by atoms with E-state index in [1.807, 2.05) is 0 Å². The Morgan fingerprint density at radius 1 is 1.29 bits per heavy atom. The van der Waals surface area contributed by atoms with Crippen LogP contribution in [0, 0.1) is 0 Å². The molecule has 0 aliphatic heterocycles. The van der Waals surface area contributed by atoms with Gasteiger partial charge in [0.15, 0.2) is 5.65 Å². The second-order valence-electron chi connectivity index (χ2n) is 4.35. The van der Waals surface area contributed by atoms with E-state index in [0.717, 1.165) is 17.5 Å². The van der Waals surface area contributed by atoms with Gasteiger partial charge in [0.05, 0.1) is 11.1 Å². The topological polar surface area (TPSA) is 106 Å². The molecule has 92 valence electrons. The highest BCUT2D eigenvalue weighted by Crippen LogP contribution is 2.29. The molecule has 0 aliphatic carbocycles. The first-order valence-corrected chi connectivity index (χ1v) is 5.90. The lowest BCUT2D eigenvalue weighted by Gasteiger charge is -2.09. The fraction of sp³-hybridized carbons (Fsp3) is 0.545. The average molecular weight is 234 g/mol. The quantitative estimate of drug-likeness (QED) is 0.748. The summed E-state index contributed by atoms with van der Waals surface area (Å²) in [4.78, 5) is 8.05. The van der Waals surface area contributed by atoms with Crippen LogP contribution in [-0.4, -0.2) is 20.2 Å². The number of nitrogens with two attached hydrogens (primary N) is 2. The van der Waals surface area contributed by atoms with Gasteiger partial charge < -0.3 is 11.5 Å². The number of rotatable bonds is 4. The zero-order chi connectivity index (χ0) is 12.4. The lowest BCUT2D eigenvalue weighted by molar-refractivity contribution is 0.612. The molecule has 0 saturated carbocycles. The van der Waals surface area contributed by atoms with E-state index < -0.39 is 0 Å². The summed E-state index contributed by atoms with van der Waals surface area (Å²) in [6, 6.07) is 0. The normalized spacial score (nSPS) is 13.1. The Labute approximate surface area is 99.8 Å². The number of anilines is 2. The highest BCUT2D eigenvalue weighted by molar-refractivity contribution is 5.89. The monoisotopic (exact) mass is 234 g/mol. The first kappa shape index (κ1) is 11.6. The van der Waals surface area contributed by atoms with Crippen LogP contribution >= 0.6 is 0 Å². The number of hydrogen-bond acceptors (Lipinski definition) is 5. The summed E-state index contributed by atoms with van der Waals surface area (Å²) in [5, 5.41) is 7.94. The van der Waals surface area contributed by atoms with Gasteiger partial charge in [0, 0.05) is 0 Å². The van der Waals surface area contributed by atoms with Crippen molar-refractivity contribution in [2.24, 2.45) is 0 Å². The Balaban J connectivity index is 2.41. The van der Waals surface area contributed by atoms with Gasteiger partial charge in [-0.3, -0.25) is 5.10 Å². The number of nitrogen functional groups attached to an aromatic ring is 2. The molecule has 6 nitrogen and oxygen atoms in total. The molecule has 0 aromatic carbocycles. The molecule has 2 aromatic heterocycles. The van der Waals surface area contributed by atoms with Crippen molar-refractivity contribution in [1.29, 1.82) is 0 Å². The van der Waals surface area contributed by atoms with Crippen molar-refractivity contribution in [2.45, 2.75) is 39.0 Å². The summed E-state index contributed by atoms with van der Waals surface area (Å²) >= 11 is 0. The van der Waals surface area contributed by atoms with Gasteiger partial charge in [-0.15, -0.1) is 0 Å². The van der Waals surface area contributed by atoms with E-state index >= 15 is 0 Å². The first-order chi connectivity index (χ1) is 8.13. The highest BCUT2D eigenvalue weighted by Gasteiger charge is 2.16. The number of hydrogen-bond donors (Lipinski definition) is 3. The van der Waals surface area contributed by atoms with Crippen molar-refractivity contribution in [3.8, 4) is 0 Å². The Morgan fingerprint density at radius 3 is 2.76 bits per heavy atom. The molecular weight excluding hydrogens is 216 g/mol. The molecule has 0 radical (unpaired) electrons. The molecule has 2 heterocycles. The zero-order valence-electron chi connectivity index (χ0n) is 10.2. The molecule has 0 spiro atoms. The third kappa shape index (κ3) is 2.15. The third-order valence-corrected chi connectivity index (χ3v) is 2.97. The Kier molecular flexibility index (Phi) is 3.12. The zero-order valence-corrected chi connectivity index (χ0v) is 10.2. The Bertz CT molecular complexity index is 518. The van der Waals surface area contributed by atoms with Crippen molar-refractivity contribution < 1.29 is 0 Å². The molecule has 0 saturated heterocycles. The average Bonchev–Trinajstić information content (AvgIpc) is 2.69. The second kappa shape index (κ2) is 4.57. The van der Waals surface area contributed by atoms with E-state index in [9.17, 15) is 0 Å². The van der Waals surface area contributed by atoms with Crippen molar-refractivity contribution in [3.63, 3.8) is 0 Å². The minimum absolute atomic E-state index is 0.161.